The van der Waals surface area contributed by atoms with Crippen LogP contribution in [0.15, 0.2) is 24.3 Å². The van der Waals surface area contributed by atoms with Crippen molar-refractivity contribution in [2.45, 2.75) is 38.9 Å². The molecule has 8 nitrogen and oxygen atoms in total. The Morgan fingerprint density at radius 2 is 1.77 bits per heavy atom. The SMILES string of the molecule is CC(=O)N1CCN(c2cc3c(N[C@H](C)c4cccc(C(F)(F)CO)c4F)nc(C)nc3nc2C(F)(F)F)CC1. The van der Waals surface area contributed by atoms with Crippen molar-refractivity contribution >= 4 is 28.4 Å². The zero-order chi connectivity index (χ0) is 28.7. The van der Waals surface area contributed by atoms with E-state index < -0.39 is 41.8 Å². The molecule has 0 bridgehead atoms. The van der Waals surface area contributed by atoms with Crippen LogP contribution in [0.1, 0.15) is 42.5 Å². The van der Waals surface area contributed by atoms with Crippen molar-refractivity contribution in [1.29, 1.82) is 0 Å². The number of aliphatic hydroxyl groups excluding tert-OH is 1. The number of rotatable bonds is 6. The van der Waals surface area contributed by atoms with E-state index in [4.69, 9.17) is 5.11 Å². The quantitative estimate of drug-likeness (QED) is 0.435. The van der Waals surface area contributed by atoms with E-state index in [1.165, 1.54) is 48.8 Å². The molecule has 0 saturated carbocycles. The summed E-state index contributed by atoms with van der Waals surface area (Å²) in [6.45, 7) is 3.45. The van der Waals surface area contributed by atoms with Gasteiger partial charge in [0.05, 0.1) is 22.7 Å². The van der Waals surface area contributed by atoms with E-state index in [-0.39, 0.29) is 66.0 Å². The zero-order valence-electron chi connectivity index (χ0n) is 21.3. The molecule has 0 radical (unpaired) electrons. The van der Waals surface area contributed by atoms with Crippen molar-refractivity contribution in [1.82, 2.24) is 19.9 Å². The lowest BCUT2D eigenvalue weighted by Gasteiger charge is -2.36. The predicted molar refractivity (Wildman–Crippen MR) is 131 cm³/mol. The fraction of sp³-hybridized carbons (Fsp3) is 0.440. The third-order valence-corrected chi connectivity index (χ3v) is 6.55. The highest BCUT2D eigenvalue weighted by Crippen LogP contribution is 2.39. The Hall–Kier alpha value is -3.68. The molecule has 2 N–H and O–H groups in total. The third-order valence-electron chi connectivity index (χ3n) is 6.55. The minimum Gasteiger partial charge on any atom is -0.390 e. The van der Waals surface area contributed by atoms with Crippen LogP contribution in [0.5, 0.6) is 0 Å². The predicted octanol–water partition coefficient (Wildman–Crippen LogP) is 4.42. The molecule has 210 valence electrons. The number of nitrogens with one attached hydrogen (secondary N) is 1. The smallest absolute Gasteiger partial charge is 0.390 e. The number of pyridine rings is 1. The topological polar surface area (TPSA) is 94.5 Å². The molecule has 1 fully saturated rings. The molecular formula is C25H26F6N6O2. The van der Waals surface area contributed by atoms with Gasteiger partial charge in [-0.3, -0.25) is 4.79 Å². The Morgan fingerprint density at radius 3 is 2.36 bits per heavy atom. The van der Waals surface area contributed by atoms with Crippen LogP contribution in [0.4, 0.5) is 37.8 Å². The van der Waals surface area contributed by atoms with Crippen LogP contribution in [0.2, 0.25) is 0 Å². The maximum atomic E-state index is 15.0. The number of alkyl halides is 5. The molecule has 0 aliphatic carbocycles. The summed E-state index contributed by atoms with van der Waals surface area (Å²) in [4.78, 5) is 26.8. The Balaban J connectivity index is 1.77. The minimum atomic E-state index is -4.80. The largest absolute Gasteiger partial charge is 0.435 e. The molecule has 2 aromatic heterocycles. The van der Waals surface area contributed by atoms with Crippen molar-refractivity contribution in [2.24, 2.45) is 0 Å². The van der Waals surface area contributed by atoms with E-state index in [0.717, 1.165) is 6.07 Å². The zero-order valence-corrected chi connectivity index (χ0v) is 21.3. The van der Waals surface area contributed by atoms with Gasteiger partial charge in [0.15, 0.2) is 11.3 Å². The molecule has 1 atom stereocenters. The number of aromatic nitrogens is 3. The van der Waals surface area contributed by atoms with Gasteiger partial charge in [-0.05, 0) is 26.0 Å². The van der Waals surface area contributed by atoms with Crippen LogP contribution >= 0.6 is 0 Å². The highest BCUT2D eigenvalue weighted by molar-refractivity contribution is 5.90. The summed E-state index contributed by atoms with van der Waals surface area (Å²) < 4.78 is 85.3. The van der Waals surface area contributed by atoms with E-state index in [1.54, 1.807) is 0 Å². The summed E-state index contributed by atoms with van der Waals surface area (Å²) >= 11 is 0. The van der Waals surface area contributed by atoms with Gasteiger partial charge >= 0.3 is 6.18 Å². The van der Waals surface area contributed by atoms with Gasteiger partial charge in [-0.1, -0.05) is 12.1 Å². The summed E-state index contributed by atoms with van der Waals surface area (Å²) in [6.07, 6.45) is -4.80. The fourth-order valence-corrected chi connectivity index (χ4v) is 4.51. The van der Waals surface area contributed by atoms with E-state index >= 15 is 4.39 Å². The molecule has 3 heterocycles. The summed E-state index contributed by atoms with van der Waals surface area (Å²) in [5, 5.41) is 12.0. The van der Waals surface area contributed by atoms with Gasteiger partial charge in [0, 0.05) is 38.7 Å². The number of halogens is 6. The Morgan fingerprint density at radius 1 is 1.10 bits per heavy atom. The third kappa shape index (κ3) is 5.70. The molecular weight excluding hydrogens is 530 g/mol. The lowest BCUT2D eigenvalue weighted by molar-refractivity contribution is -0.140. The number of nitrogens with zero attached hydrogens (tertiary/aromatic N) is 5. The molecule has 1 aliphatic heterocycles. The Labute approximate surface area is 219 Å². The Bertz CT molecular complexity index is 1390. The number of fused-ring (bicyclic) bond motifs is 1. The standard InChI is InChI=1S/C25H26F6N6O2/c1-13(16-5-4-6-18(20(16)26)24(27,28)12-38)32-22-17-11-19(37-9-7-36(8-10-37)15(3)39)21(25(29,30)31)35-23(17)34-14(2)33-22/h4-6,11,13,38H,7-10,12H2,1-3H3,(H,32,33,34,35)/t13-/m1/s1. The van der Waals surface area contributed by atoms with Crippen LogP contribution in [0.3, 0.4) is 0 Å². The molecule has 0 spiro atoms. The highest BCUT2D eigenvalue weighted by Gasteiger charge is 2.39. The number of amides is 1. The lowest BCUT2D eigenvalue weighted by atomic mass is 10.00. The van der Waals surface area contributed by atoms with Crippen LogP contribution in [-0.4, -0.2) is 63.7 Å². The molecule has 0 unspecified atom stereocenters. The number of hydrogen-bond donors (Lipinski definition) is 2. The average Bonchev–Trinajstić information content (AvgIpc) is 2.87. The fourth-order valence-electron chi connectivity index (χ4n) is 4.51. The molecule has 1 aromatic carbocycles. The number of carbonyl (C=O) groups is 1. The van der Waals surface area contributed by atoms with Gasteiger partial charge in [0.1, 0.15) is 24.1 Å². The van der Waals surface area contributed by atoms with E-state index in [2.05, 4.69) is 20.3 Å². The molecule has 4 rings (SSSR count). The van der Waals surface area contributed by atoms with Gasteiger partial charge in [-0.2, -0.15) is 22.0 Å². The molecule has 14 heteroatoms. The van der Waals surface area contributed by atoms with Gasteiger partial charge in [0.2, 0.25) is 5.91 Å². The number of anilines is 2. The monoisotopic (exact) mass is 556 g/mol. The minimum absolute atomic E-state index is 0.0357. The highest BCUT2D eigenvalue weighted by atomic mass is 19.4. The first kappa shape index (κ1) is 28.3. The summed E-state index contributed by atoms with van der Waals surface area (Å²) in [6, 6.07) is 3.65. The second-order valence-corrected chi connectivity index (χ2v) is 9.27. The molecule has 1 aliphatic rings. The molecule has 1 saturated heterocycles. The number of hydrogen-bond acceptors (Lipinski definition) is 7. The van der Waals surface area contributed by atoms with Crippen molar-refractivity contribution < 1.29 is 36.2 Å². The number of carbonyl (C=O) groups excluding carboxylic acids is 1. The molecule has 39 heavy (non-hydrogen) atoms. The van der Waals surface area contributed by atoms with Crippen LogP contribution in [-0.2, 0) is 16.9 Å². The van der Waals surface area contributed by atoms with E-state index in [1.807, 2.05) is 0 Å². The normalized spacial score (nSPS) is 15.5. The van der Waals surface area contributed by atoms with Crippen LogP contribution in [0, 0.1) is 12.7 Å². The average molecular weight is 557 g/mol. The Kier molecular flexibility index (Phi) is 7.61. The van der Waals surface area contributed by atoms with Gasteiger partial charge < -0.3 is 20.2 Å². The van der Waals surface area contributed by atoms with Gasteiger partial charge in [-0.15, -0.1) is 0 Å². The van der Waals surface area contributed by atoms with Crippen molar-refractivity contribution in [3.63, 3.8) is 0 Å². The first-order chi connectivity index (χ1) is 18.2. The maximum Gasteiger partial charge on any atom is 0.435 e. The second kappa shape index (κ2) is 10.5. The number of piperazine rings is 1. The summed E-state index contributed by atoms with van der Waals surface area (Å²) in [5.74, 6) is -5.10. The van der Waals surface area contributed by atoms with Crippen molar-refractivity contribution in [2.75, 3.05) is 43.0 Å². The van der Waals surface area contributed by atoms with Crippen LogP contribution < -0.4 is 10.2 Å². The van der Waals surface area contributed by atoms with E-state index in [9.17, 15) is 26.7 Å². The van der Waals surface area contributed by atoms with Crippen molar-refractivity contribution in [3.05, 3.63) is 52.7 Å². The molecule has 1 amide bonds. The number of benzene rings is 1. The summed E-state index contributed by atoms with van der Waals surface area (Å²) in [5.41, 5.74) is -2.77. The van der Waals surface area contributed by atoms with E-state index in [0.29, 0.717) is 0 Å². The first-order valence-electron chi connectivity index (χ1n) is 12.0. The van der Waals surface area contributed by atoms with Gasteiger partial charge in [-0.25, -0.2) is 19.3 Å². The van der Waals surface area contributed by atoms with Gasteiger partial charge in [0.25, 0.3) is 5.92 Å². The maximum absolute atomic E-state index is 15.0. The molecule has 3 aromatic rings. The summed E-state index contributed by atoms with van der Waals surface area (Å²) in [7, 11) is 0. The lowest BCUT2D eigenvalue weighted by Crippen LogP contribution is -2.48. The number of aryl methyl sites for hydroxylation is 1. The second-order valence-electron chi connectivity index (χ2n) is 9.27. The number of aliphatic hydroxyl groups is 1. The first-order valence-corrected chi connectivity index (χ1v) is 12.0. The van der Waals surface area contributed by atoms with Crippen LogP contribution in [0.25, 0.3) is 11.0 Å². The van der Waals surface area contributed by atoms with Crippen molar-refractivity contribution in [3.8, 4) is 0 Å².